The van der Waals surface area contributed by atoms with Crippen LogP contribution < -0.4 is 15.5 Å². The van der Waals surface area contributed by atoms with Crippen LogP contribution >= 0.6 is 0 Å². The van der Waals surface area contributed by atoms with E-state index in [9.17, 15) is 18.8 Å². The fourth-order valence-corrected chi connectivity index (χ4v) is 1.64. The number of likely N-dealkylation sites (N-methyl/N-ethyl adjacent to an activating group) is 2. The summed E-state index contributed by atoms with van der Waals surface area (Å²) < 4.78 is 13.3. The van der Waals surface area contributed by atoms with Crippen molar-refractivity contribution < 1.29 is 23.7 Å². The average molecular weight is 311 g/mol. The van der Waals surface area contributed by atoms with E-state index in [1.807, 2.05) is 0 Å². The van der Waals surface area contributed by atoms with Crippen molar-refractivity contribution in [2.75, 3.05) is 39.5 Å². The highest BCUT2D eigenvalue weighted by atomic mass is 19.1. The monoisotopic (exact) mass is 311 g/mol. The third kappa shape index (κ3) is 5.88. The van der Waals surface area contributed by atoms with E-state index in [1.54, 1.807) is 27.2 Å². The molecule has 0 radical (unpaired) electrons. The highest BCUT2D eigenvalue weighted by molar-refractivity contribution is 6.01. The van der Waals surface area contributed by atoms with Crippen molar-refractivity contribution in [2.45, 2.75) is 0 Å². The van der Waals surface area contributed by atoms with Crippen molar-refractivity contribution in [1.29, 1.82) is 0 Å². The molecule has 8 heteroatoms. The number of hydrogen-bond acceptors (Lipinski definition) is 3. The van der Waals surface area contributed by atoms with E-state index < -0.39 is 17.8 Å². The second kappa shape index (κ2) is 8.08. The predicted molar refractivity (Wildman–Crippen MR) is 78.9 cm³/mol. The van der Waals surface area contributed by atoms with Crippen LogP contribution in [0.5, 0.6) is 0 Å². The topological polar surface area (TPSA) is 83.0 Å². The molecule has 0 saturated carbocycles. The van der Waals surface area contributed by atoms with Gasteiger partial charge in [-0.15, -0.1) is 0 Å². The van der Waals surface area contributed by atoms with Gasteiger partial charge in [-0.2, -0.15) is 0 Å². The Hall–Kier alpha value is -2.48. The molecule has 1 unspecified atom stereocenters. The molecule has 4 amide bonds. The van der Waals surface area contributed by atoms with Gasteiger partial charge in [-0.25, -0.2) is 9.18 Å². The van der Waals surface area contributed by atoms with Crippen LogP contribution in [-0.4, -0.2) is 57.0 Å². The Bertz CT molecular complexity index is 563. The molecule has 0 saturated heterocycles. The molecule has 120 valence electrons. The summed E-state index contributed by atoms with van der Waals surface area (Å²) in [5.41, 5.74) is -0.0173. The zero-order valence-corrected chi connectivity index (χ0v) is 12.8. The Balaban J connectivity index is 2.43. The summed E-state index contributed by atoms with van der Waals surface area (Å²) in [6.45, 7) is 0.0830. The van der Waals surface area contributed by atoms with E-state index in [4.69, 9.17) is 0 Å². The standard InChI is InChI=1S/C14H19FN4O3/c1-18(2)13(21)9-19(3)8-12(20)17-14(22)16-11-7-5-4-6-10(11)15/h4-7H,8-9H2,1-3H3,(H2,16,17,20,22)/p+1. The van der Waals surface area contributed by atoms with Gasteiger partial charge in [-0.1, -0.05) is 12.1 Å². The molecule has 1 aromatic rings. The smallest absolute Gasteiger partial charge is 0.326 e. The molecule has 0 fully saturated rings. The maximum atomic E-state index is 13.3. The Morgan fingerprint density at radius 2 is 1.82 bits per heavy atom. The van der Waals surface area contributed by atoms with Gasteiger partial charge in [0.1, 0.15) is 5.82 Å². The van der Waals surface area contributed by atoms with Crippen LogP contribution in [0.2, 0.25) is 0 Å². The van der Waals surface area contributed by atoms with Gasteiger partial charge in [0.05, 0.1) is 12.7 Å². The van der Waals surface area contributed by atoms with Crippen LogP contribution in [-0.2, 0) is 9.59 Å². The number of amides is 4. The molecule has 0 aromatic heterocycles. The fourth-order valence-electron chi connectivity index (χ4n) is 1.64. The molecular formula is C14H20FN4O3+. The normalized spacial score (nSPS) is 11.5. The number of quaternary nitrogens is 1. The number of nitrogens with one attached hydrogen (secondary N) is 3. The number of nitrogens with zero attached hydrogens (tertiary/aromatic N) is 1. The largest absolute Gasteiger partial charge is 0.344 e. The number of para-hydroxylation sites is 1. The van der Waals surface area contributed by atoms with Gasteiger partial charge >= 0.3 is 6.03 Å². The van der Waals surface area contributed by atoms with Gasteiger partial charge in [0.15, 0.2) is 13.1 Å². The summed E-state index contributed by atoms with van der Waals surface area (Å²) in [6.07, 6.45) is 0. The lowest BCUT2D eigenvalue weighted by atomic mass is 10.3. The van der Waals surface area contributed by atoms with Crippen LogP contribution in [0.4, 0.5) is 14.9 Å². The molecule has 0 bridgehead atoms. The van der Waals surface area contributed by atoms with Crippen molar-refractivity contribution in [3.05, 3.63) is 30.1 Å². The first-order chi connectivity index (χ1) is 10.3. The Kier molecular flexibility index (Phi) is 6.46. The summed E-state index contributed by atoms with van der Waals surface area (Å²) in [7, 11) is 4.91. The molecule has 1 atom stereocenters. The number of halogens is 1. The Labute approximate surface area is 128 Å². The molecule has 0 aliphatic heterocycles. The molecule has 1 rings (SSSR count). The van der Waals surface area contributed by atoms with Gasteiger partial charge in [0.2, 0.25) is 0 Å². The fraction of sp³-hybridized carbons (Fsp3) is 0.357. The molecular weight excluding hydrogens is 291 g/mol. The molecule has 0 heterocycles. The number of urea groups is 1. The Morgan fingerprint density at radius 3 is 2.41 bits per heavy atom. The van der Waals surface area contributed by atoms with Crippen LogP contribution in [0.25, 0.3) is 0 Å². The van der Waals surface area contributed by atoms with Gasteiger partial charge in [0, 0.05) is 14.1 Å². The minimum atomic E-state index is -0.818. The first kappa shape index (κ1) is 17.6. The quantitative estimate of drug-likeness (QED) is 0.657. The number of carbonyl (C=O) groups excluding carboxylic acids is 3. The first-order valence-corrected chi connectivity index (χ1v) is 6.66. The SMILES string of the molecule is CN(C)C(=O)C[NH+](C)CC(=O)NC(=O)Nc1ccccc1F. The van der Waals surface area contributed by atoms with Gasteiger partial charge in [-0.3, -0.25) is 14.9 Å². The van der Waals surface area contributed by atoms with Gasteiger partial charge in [-0.05, 0) is 12.1 Å². The summed E-state index contributed by atoms with van der Waals surface area (Å²) in [5.74, 6) is -1.27. The zero-order valence-electron chi connectivity index (χ0n) is 12.8. The Morgan fingerprint density at radius 1 is 1.18 bits per heavy atom. The van der Waals surface area contributed by atoms with Crippen molar-refractivity contribution in [3.8, 4) is 0 Å². The second-order valence-corrected chi connectivity index (χ2v) is 5.08. The number of rotatable bonds is 5. The maximum absolute atomic E-state index is 13.3. The van der Waals surface area contributed by atoms with Crippen LogP contribution in [0.15, 0.2) is 24.3 Å². The van der Waals surface area contributed by atoms with Crippen LogP contribution in [0, 0.1) is 5.82 Å². The predicted octanol–water partition coefficient (Wildman–Crippen LogP) is -0.923. The molecule has 22 heavy (non-hydrogen) atoms. The summed E-state index contributed by atoms with van der Waals surface area (Å²) in [5, 5.41) is 4.33. The van der Waals surface area contributed by atoms with E-state index in [0.29, 0.717) is 4.90 Å². The average Bonchev–Trinajstić information content (AvgIpc) is 2.40. The van der Waals surface area contributed by atoms with Crippen LogP contribution in [0.3, 0.4) is 0 Å². The van der Waals surface area contributed by atoms with Crippen molar-refractivity contribution in [3.63, 3.8) is 0 Å². The van der Waals surface area contributed by atoms with E-state index in [1.165, 1.54) is 23.1 Å². The lowest BCUT2D eigenvalue weighted by Crippen LogP contribution is -3.11. The van der Waals surface area contributed by atoms with Crippen LogP contribution in [0.1, 0.15) is 0 Å². The summed E-state index contributed by atoms with van der Waals surface area (Å²) >= 11 is 0. The molecule has 0 spiro atoms. The minimum Gasteiger partial charge on any atom is -0.344 e. The van der Waals surface area contributed by atoms with Crippen molar-refractivity contribution in [1.82, 2.24) is 10.2 Å². The van der Waals surface area contributed by atoms with Gasteiger partial charge in [0.25, 0.3) is 11.8 Å². The number of benzene rings is 1. The second-order valence-electron chi connectivity index (χ2n) is 5.08. The third-order valence-electron chi connectivity index (χ3n) is 2.79. The van der Waals surface area contributed by atoms with Crippen molar-refractivity contribution >= 4 is 23.5 Å². The number of hydrogen-bond donors (Lipinski definition) is 3. The summed E-state index contributed by atoms with van der Waals surface area (Å²) in [4.78, 5) is 36.8. The number of anilines is 1. The van der Waals surface area contributed by atoms with E-state index >= 15 is 0 Å². The maximum Gasteiger partial charge on any atom is 0.326 e. The first-order valence-electron chi connectivity index (χ1n) is 6.66. The molecule has 0 aliphatic rings. The highest BCUT2D eigenvalue weighted by Crippen LogP contribution is 2.11. The molecule has 1 aromatic carbocycles. The van der Waals surface area contributed by atoms with Gasteiger partial charge < -0.3 is 15.1 Å². The minimum absolute atomic E-state index is 0.0173. The molecule has 7 nitrogen and oxygen atoms in total. The van der Waals surface area contributed by atoms with Crippen molar-refractivity contribution in [2.24, 2.45) is 0 Å². The van der Waals surface area contributed by atoms with E-state index in [-0.39, 0.29) is 24.7 Å². The third-order valence-corrected chi connectivity index (χ3v) is 2.79. The number of imide groups is 1. The summed E-state index contributed by atoms with van der Waals surface area (Å²) in [6, 6.07) is 4.81. The highest BCUT2D eigenvalue weighted by Gasteiger charge is 2.17. The molecule has 0 aliphatic carbocycles. The van der Waals surface area contributed by atoms with E-state index in [0.717, 1.165) is 0 Å². The lowest BCUT2D eigenvalue weighted by molar-refractivity contribution is -0.862. The molecule has 3 N–H and O–H groups in total. The zero-order chi connectivity index (χ0) is 16.7. The van der Waals surface area contributed by atoms with E-state index in [2.05, 4.69) is 10.6 Å². The number of carbonyl (C=O) groups is 3. The lowest BCUT2D eigenvalue weighted by Gasteiger charge is -2.16.